The Morgan fingerprint density at radius 2 is 2.04 bits per heavy atom. The van der Waals surface area contributed by atoms with Gasteiger partial charge in [-0.25, -0.2) is 22.5 Å². The Morgan fingerprint density at radius 1 is 1.31 bits per heavy atom. The summed E-state index contributed by atoms with van der Waals surface area (Å²) < 4.78 is 47.0. The number of hydrogen-bond acceptors (Lipinski definition) is 5. The van der Waals surface area contributed by atoms with E-state index in [0.717, 1.165) is 6.07 Å². The highest BCUT2D eigenvalue weighted by atomic mass is 32.2. The number of nitrogens with one attached hydrogen (secondary N) is 1. The highest BCUT2D eigenvalue weighted by Crippen LogP contribution is 2.39. The van der Waals surface area contributed by atoms with Crippen LogP contribution in [-0.4, -0.2) is 31.7 Å². The van der Waals surface area contributed by atoms with E-state index in [4.69, 9.17) is 4.74 Å². The van der Waals surface area contributed by atoms with Gasteiger partial charge in [-0.3, -0.25) is 0 Å². The molecule has 0 amide bonds. The summed E-state index contributed by atoms with van der Waals surface area (Å²) in [6.07, 6.45) is 2.09. The van der Waals surface area contributed by atoms with Crippen molar-refractivity contribution in [1.82, 2.24) is 9.71 Å². The smallest absolute Gasteiger partial charge is 0.241 e. The van der Waals surface area contributed by atoms with Crippen LogP contribution < -0.4 is 9.46 Å². The SMILES string of the molecule is COc1ccc([C@H](NS(=O)(=O)c2ccc(C)c(F)c2)C2CC(O)C2)cn1. The number of methoxy groups -OCH3 is 1. The third-order valence-electron chi connectivity index (χ3n) is 4.68. The van der Waals surface area contributed by atoms with E-state index in [1.165, 1.54) is 19.2 Å². The van der Waals surface area contributed by atoms with Crippen LogP contribution in [-0.2, 0) is 10.0 Å². The van der Waals surface area contributed by atoms with Crippen molar-refractivity contribution < 1.29 is 22.7 Å². The molecule has 8 heteroatoms. The number of benzene rings is 1. The summed E-state index contributed by atoms with van der Waals surface area (Å²) in [6, 6.07) is 6.64. The fourth-order valence-corrected chi connectivity index (χ4v) is 4.32. The molecule has 3 rings (SSSR count). The van der Waals surface area contributed by atoms with Crippen LogP contribution in [0.1, 0.15) is 30.0 Å². The van der Waals surface area contributed by atoms with Gasteiger partial charge in [0.15, 0.2) is 0 Å². The van der Waals surface area contributed by atoms with Gasteiger partial charge in [-0.2, -0.15) is 0 Å². The van der Waals surface area contributed by atoms with Gasteiger partial charge in [-0.15, -0.1) is 0 Å². The third-order valence-corrected chi connectivity index (χ3v) is 6.12. The first-order valence-corrected chi connectivity index (χ1v) is 9.75. The summed E-state index contributed by atoms with van der Waals surface area (Å²) >= 11 is 0. The second kappa shape index (κ2) is 7.30. The van der Waals surface area contributed by atoms with Crippen LogP contribution in [0.3, 0.4) is 0 Å². The first-order chi connectivity index (χ1) is 12.3. The lowest BCUT2D eigenvalue weighted by Crippen LogP contribution is -2.41. The van der Waals surface area contributed by atoms with Crippen LogP contribution in [0.25, 0.3) is 0 Å². The number of sulfonamides is 1. The Hall–Kier alpha value is -2.03. The minimum atomic E-state index is -3.93. The topological polar surface area (TPSA) is 88.5 Å². The molecule has 0 bridgehead atoms. The molecule has 1 aliphatic carbocycles. The lowest BCUT2D eigenvalue weighted by atomic mass is 9.76. The van der Waals surface area contributed by atoms with Crippen molar-refractivity contribution >= 4 is 10.0 Å². The molecule has 0 radical (unpaired) electrons. The minimum Gasteiger partial charge on any atom is -0.481 e. The normalized spacial score (nSPS) is 21.1. The number of aliphatic hydroxyl groups excluding tert-OH is 1. The maximum atomic E-state index is 13.8. The second-order valence-electron chi connectivity index (χ2n) is 6.53. The fraction of sp³-hybridized carbons (Fsp3) is 0.389. The predicted molar refractivity (Wildman–Crippen MR) is 93.7 cm³/mol. The Labute approximate surface area is 152 Å². The van der Waals surface area contributed by atoms with Gasteiger partial charge < -0.3 is 9.84 Å². The molecule has 26 heavy (non-hydrogen) atoms. The number of aryl methyl sites for hydroxylation is 1. The Kier molecular flexibility index (Phi) is 5.27. The molecule has 140 valence electrons. The average molecular weight is 380 g/mol. The second-order valence-corrected chi connectivity index (χ2v) is 8.24. The monoisotopic (exact) mass is 380 g/mol. The van der Waals surface area contributed by atoms with E-state index < -0.39 is 28.0 Å². The lowest BCUT2D eigenvalue weighted by Gasteiger charge is -2.38. The number of halogens is 1. The molecule has 0 unspecified atom stereocenters. The van der Waals surface area contributed by atoms with Crippen molar-refractivity contribution in [3.05, 3.63) is 53.5 Å². The van der Waals surface area contributed by atoms with Gasteiger partial charge in [0.1, 0.15) is 5.82 Å². The number of nitrogens with zero attached hydrogens (tertiary/aromatic N) is 1. The first-order valence-electron chi connectivity index (χ1n) is 8.26. The zero-order valence-corrected chi connectivity index (χ0v) is 15.3. The van der Waals surface area contributed by atoms with Crippen molar-refractivity contribution in [3.8, 4) is 5.88 Å². The van der Waals surface area contributed by atoms with Crippen molar-refractivity contribution in [2.24, 2.45) is 5.92 Å². The molecule has 6 nitrogen and oxygen atoms in total. The molecule has 0 saturated heterocycles. The van der Waals surface area contributed by atoms with E-state index in [1.807, 2.05) is 0 Å². The summed E-state index contributed by atoms with van der Waals surface area (Å²) in [5, 5.41) is 9.62. The number of hydrogen-bond donors (Lipinski definition) is 2. The molecule has 1 fully saturated rings. The van der Waals surface area contributed by atoms with E-state index >= 15 is 0 Å². The van der Waals surface area contributed by atoms with Gasteiger partial charge in [0.25, 0.3) is 0 Å². The number of aromatic nitrogens is 1. The van der Waals surface area contributed by atoms with Gasteiger partial charge in [0, 0.05) is 12.3 Å². The average Bonchev–Trinajstić information content (AvgIpc) is 2.59. The zero-order chi connectivity index (χ0) is 18.9. The van der Waals surface area contributed by atoms with E-state index in [9.17, 15) is 17.9 Å². The molecule has 1 saturated carbocycles. The maximum absolute atomic E-state index is 13.8. The molecule has 0 aliphatic heterocycles. The van der Waals surface area contributed by atoms with Crippen molar-refractivity contribution in [2.45, 2.75) is 36.8 Å². The van der Waals surface area contributed by atoms with Crippen molar-refractivity contribution in [1.29, 1.82) is 0 Å². The maximum Gasteiger partial charge on any atom is 0.241 e. The van der Waals surface area contributed by atoms with E-state index in [-0.39, 0.29) is 10.8 Å². The quantitative estimate of drug-likeness (QED) is 0.803. The molecular formula is C18H21FN2O4S. The number of aliphatic hydroxyl groups is 1. The van der Waals surface area contributed by atoms with E-state index in [1.54, 1.807) is 25.3 Å². The van der Waals surface area contributed by atoms with Crippen LogP contribution in [0.5, 0.6) is 5.88 Å². The Balaban J connectivity index is 1.90. The van der Waals surface area contributed by atoms with Crippen LogP contribution >= 0.6 is 0 Å². The number of rotatable bonds is 6. The summed E-state index contributed by atoms with van der Waals surface area (Å²) in [7, 11) is -2.44. The van der Waals surface area contributed by atoms with Gasteiger partial charge in [-0.05, 0) is 48.9 Å². The summed E-state index contributed by atoms with van der Waals surface area (Å²) in [5.74, 6) is -0.218. The van der Waals surface area contributed by atoms with Gasteiger partial charge >= 0.3 is 0 Å². The van der Waals surface area contributed by atoms with E-state index in [0.29, 0.717) is 29.8 Å². The van der Waals surface area contributed by atoms with Crippen molar-refractivity contribution in [2.75, 3.05) is 7.11 Å². The number of ether oxygens (including phenoxy) is 1. The summed E-state index contributed by atoms with van der Waals surface area (Å²) in [5.41, 5.74) is 1.04. The molecule has 1 heterocycles. The highest BCUT2D eigenvalue weighted by molar-refractivity contribution is 7.89. The minimum absolute atomic E-state index is 0.0646. The number of pyridine rings is 1. The first kappa shape index (κ1) is 18.8. The lowest BCUT2D eigenvalue weighted by molar-refractivity contribution is 0.0279. The molecular weight excluding hydrogens is 359 g/mol. The van der Waals surface area contributed by atoms with Crippen LogP contribution in [0.2, 0.25) is 0 Å². The fourth-order valence-electron chi connectivity index (χ4n) is 3.01. The molecule has 1 aromatic carbocycles. The van der Waals surface area contributed by atoms with Crippen LogP contribution in [0, 0.1) is 18.7 Å². The molecule has 1 atom stereocenters. The molecule has 1 aliphatic rings. The van der Waals surface area contributed by atoms with Crippen molar-refractivity contribution in [3.63, 3.8) is 0 Å². The van der Waals surface area contributed by atoms with E-state index in [2.05, 4.69) is 9.71 Å². The summed E-state index contributed by atoms with van der Waals surface area (Å²) in [6.45, 7) is 1.57. The molecule has 2 aromatic rings. The van der Waals surface area contributed by atoms with Crippen LogP contribution in [0.4, 0.5) is 4.39 Å². The zero-order valence-electron chi connectivity index (χ0n) is 14.5. The standard InChI is InChI=1S/C18H21FN2O4S/c1-11-3-5-15(9-16(11)19)26(23,24)21-18(13-7-14(22)8-13)12-4-6-17(25-2)20-10-12/h3-6,9-10,13-14,18,21-22H,7-8H2,1-2H3/t13?,14?,18-/m0/s1. The van der Waals surface area contributed by atoms with Crippen LogP contribution in [0.15, 0.2) is 41.4 Å². The molecule has 0 spiro atoms. The third kappa shape index (κ3) is 3.87. The Morgan fingerprint density at radius 3 is 2.58 bits per heavy atom. The highest BCUT2D eigenvalue weighted by Gasteiger charge is 2.37. The predicted octanol–water partition coefficient (Wildman–Crippen LogP) is 2.33. The Bertz CT molecular complexity index is 881. The largest absolute Gasteiger partial charge is 0.481 e. The summed E-state index contributed by atoms with van der Waals surface area (Å²) in [4.78, 5) is 3.99. The van der Waals surface area contributed by atoms with Gasteiger partial charge in [0.05, 0.1) is 24.2 Å². The van der Waals surface area contributed by atoms with Gasteiger partial charge in [-0.1, -0.05) is 12.1 Å². The van der Waals surface area contributed by atoms with Gasteiger partial charge in [0.2, 0.25) is 15.9 Å². The molecule has 2 N–H and O–H groups in total. The molecule has 1 aromatic heterocycles.